The van der Waals surface area contributed by atoms with Gasteiger partial charge in [0, 0.05) is 23.4 Å². The molecule has 0 atom stereocenters. The molecule has 1 saturated carbocycles. The van der Waals surface area contributed by atoms with Crippen LogP contribution in [0, 0.1) is 13.8 Å². The van der Waals surface area contributed by atoms with Crippen molar-refractivity contribution in [2.45, 2.75) is 45.6 Å². The summed E-state index contributed by atoms with van der Waals surface area (Å²) < 4.78 is 0. The maximum atomic E-state index is 4.71. The highest BCUT2D eigenvalue weighted by molar-refractivity contribution is 7.11. The Morgan fingerprint density at radius 1 is 1.21 bits per heavy atom. The number of guanidine groups is 1. The summed E-state index contributed by atoms with van der Waals surface area (Å²) in [4.78, 5) is 10.5. The van der Waals surface area contributed by atoms with Gasteiger partial charge in [-0.2, -0.15) is 0 Å². The summed E-state index contributed by atoms with van der Waals surface area (Å²) in [5.41, 5.74) is 2.83. The Kier molecular flexibility index (Phi) is 5.19. The lowest BCUT2D eigenvalue weighted by atomic mass is 9.96. The van der Waals surface area contributed by atoms with Crippen molar-refractivity contribution in [2.24, 2.45) is 4.99 Å². The number of rotatable bonds is 6. The summed E-state index contributed by atoms with van der Waals surface area (Å²) in [5.74, 6) is 0.880. The first-order valence-electron chi connectivity index (χ1n) is 8.63. The SMILES string of the molecule is CCNC(=NCc1nc(C)c(C)s1)NCC1(c2ccccc2)CC1. The zero-order chi connectivity index (χ0) is 17.0. The van der Waals surface area contributed by atoms with Crippen LogP contribution < -0.4 is 10.6 Å². The first-order chi connectivity index (χ1) is 11.6. The Labute approximate surface area is 148 Å². The average Bonchev–Trinajstić information content (AvgIpc) is 3.32. The lowest BCUT2D eigenvalue weighted by Gasteiger charge is -2.19. The van der Waals surface area contributed by atoms with Crippen molar-refractivity contribution in [3.63, 3.8) is 0 Å². The van der Waals surface area contributed by atoms with E-state index in [2.05, 4.69) is 66.7 Å². The number of aryl methyl sites for hydroxylation is 2. The van der Waals surface area contributed by atoms with Crippen LogP contribution in [0.1, 0.15) is 40.9 Å². The number of nitrogens with one attached hydrogen (secondary N) is 2. The molecule has 0 amide bonds. The van der Waals surface area contributed by atoms with Crippen LogP contribution >= 0.6 is 11.3 Å². The summed E-state index contributed by atoms with van der Waals surface area (Å²) in [7, 11) is 0. The number of aliphatic imine (C=N–C) groups is 1. The van der Waals surface area contributed by atoms with Gasteiger partial charge >= 0.3 is 0 Å². The van der Waals surface area contributed by atoms with Crippen LogP contribution in [0.4, 0.5) is 0 Å². The van der Waals surface area contributed by atoms with E-state index in [0.717, 1.165) is 29.8 Å². The summed E-state index contributed by atoms with van der Waals surface area (Å²) in [6, 6.07) is 10.8. The number of thiazole rings is 1. The molecule has 1 aliphatic rings. The van der Waals surface area contributed by atoms with Gasteiger partial charge in [0.25, 0.3) is 0 Å². The van der Waals surface area contributed by atoms with Gasteiger partial charge in [-0.25, -0.2) is 9.98 Å². The topological polar surface area (TPSA) is 49.3 Å². The third kappa shape index (κ3) is 3.96. The molecular weight excluding hydrogens is 316 g/mol. The van der Waals surface area contributed by atoms with E-state index in [1.165, 1.54) is 23.3 Å². The van der Waals surface area contributed by atoms with E-state index < -0.39 is 0 Å². The molecule has 1 aromatic carbocycles. The molecule has 1 aliphatic carbocycles. The predicted molar refractivity (Wildman–Crippen MR) is 102 cm³/mol. The molecular formula is C19H26N4S. The number of hydrogen-bond donors (Lipinski definition) is 2. The van der Waals surface area contributed by atoms with E-state index in [9.17, 15) is 0 Å². The van der Waals surface area contributed by atoms with Crippen LogP contribution in [0.3, 0.4) is 0 Å². The zero-order valence-electron chi connectivity index (χ0n) is 14.7. The van der Waals surface area contributed by atoms with E-state index in [-0.39, 0.29) is 5.41 Å². The number of nitrogens with zero attached hydrogens (tertiary/aromatic N) is 2. The van der Waals surface area contributed by atoms with Crippen molar-refractivity contribution in [1.82, 2.24) is 15.6 Å². The summed E-state index contributed by atoms with van der Waals surface area (Å²) >= 11 is 1.73. The quantitative estimate of drug-likeness (QED) is 0.623. The normalized spacial score (nSPS) is 16.0. The smallest absolute Gasteiger partial charge is 0.191 e. The van der Waals surface area contributed by atoms with Gasteiger partial charge in [-0.1, -0.05) is 30.3 Å². The number of hydrogen-bond acceptors (Lipinski definition) is 3. The second kappa shape index (κ2) is 7.34. The zero-order valence-corrected chi connectivity index (χ0v) is 15.5. The van der Waals surface area contributed by atoms with Gasteiger partial charge in [0.15, 0.2) is 5.96 Å². The fraction of sp³-hybridized carbons (Fsp3) is 0.474. The highest BCUT2D eigenvalue weighted by Crippen LogP contribution is 2.47. The molecule has 0 spiro atoms. The molecule has 0 bridgehead atoms. The fourth-order valence-electron chi connectivity index (χ4n) is 2.86. The minimum absolute atomic E-state index is 0.284. The van der Waals surface area contributed by atoms with Crippen LogP contribution in [-0.4, -0.2) is 24.0 Å². The van der Waals surface area contributed by atoms with E-state index in [1.807, 2.05) is 0 Å². The molecule has 1 fully saturated rings. The van der Waals surface area contributed by atoms with Crippen molar-refractivity contribution in [2.75, 3.05) is 13.1 Å². The Morgan fingerprint density at radius 2 is 1.96 bits per heavy atom. The average molecular weight is 343 g/mol. The maximum absolute atomic E-state index is 4.71. The first-order valence-corrected chi connectivity index (χ1v) is 9.45. The number of aromatic nitrogens is 1. The lowest BCUT2D eigenvalue weighted by molar-refractivity contribution is 0.646. The van der Waals surface area contributed by atoms with Crippen LogP contribution in [-0.2, 0) is 12.0 Å². The highest BCUT2D eigenvalue weighted by atomic mass is 32.1. The van der Waals surface area contributed by atoms with Crippen LogP contribution in [0.2, 0.25) is 0 Å². The van der Waals surface area contributed by atoms with Gasteiger partial charge in [0.2, 0.25) is 0 Å². The van der Waals surface area contributed by atoms with E-state index in [1.54, 1.807) is 11.3 Å². The molecule has 0 radical (unpaired) electrons. The van der Waals surface area contributed by atoms with Crippen molar-refractivity contribution in [3.8, 4) is 0 Å². The van der Waals surface area contributed by atoms with Crippen LogP contribution in [0.15, 0.2) is 35.3 Å². The Balaban J connectivity index is 1.63. The molecule has 2 N–H and O–H groups in total. The molecule has 1 heterocycles. The van der Waals surface area contributed by atoms with Crippen LogP contribution in [0.25, 0.3) is 0 Å². The first kappa shape index (κ1) is 17.0. The molecule has 0 saturated heterocycles. The fourth-order valence-corrected chi connectivity index (χ4v) is 3.72. The molecule has 2 aromatic rings. The van der Waals surface area contributed by atoms with Gasteiger partial charge in [0.1, 0.15) is 5.01 Å². The van der Waals surface area contributed by atoms with Gasteiger partial charge in [-0.15, -0.1) is 11.3 Å². The summed E-state index contributed by atoms with van der Waals surface area (Å²) in [6.07, 6.45) is 2.49. The maximum Gasteiger partial charge on any atom is 0.191 e. The van der Waals surface area contributed by atoms with Crippen molar-refractivity contribution in [1.29, 1.82) is 0 Å². The third-order valence-corrected chi connectivity index (χ3v) is 5.68. The van der Waals surface area contributed by atoms with E-state index >= 15 is 0 Å². The lowest BCUT2D eigenvalue weighted by Crippen LogP contribution is -2.41. The standard InChI is InChI=1S/C19H26N4S/c1-4-20-18(21-12-17-23-14(2)15(3)24-17)22-13-19(10-11-19)16-8-6-5-7-9-16/h5-9H,4,10-13H2,1-3H3,(H2,20,21,22). The summed E-state index contributed by atoms with van der Waals surface area (Å²) in [5, 5.41) is 7.95. The molecule has 3 rings (SSSR count). The minimum Gasteiger partial charge on any atom is -0.357 e. The molecule has 24 heavy (non-hydrogen) atoms. The van der Waals surface area contributed by atoms with E-state index in [4.69, 9.17) is 4.99 Å². The van der Waals surface area contributed by atoms with Gasteiger partial charge in [0.05, 0.1) is 12.2 Å². The summed E-state index contributed by atoms with van der Waals surface area (Å²) in [6.45, 7) is 8.68. The Hall–Kier alpha value is -1.88. The second-order valence-corrected chi connectivity index (χ2v) is 7.73. The van der Waals surface area contributed by atoms with Gasteiger partial charge in [-0.05, 0) is 39.2 Å². The molecule has 4 nitrogen and oxygen atoms in total. The van der Waals surface area contributed by atoms with Crippen molar-refractivity contribution < 1.29 is 0 Å². The Bertz CT molecular complexity index is 682. The molecule has 0 unspecified atom stereocenters. The molecule has 5 heteroatoms. The minimum atomic E-state index is 0.284. The molecule has 1 aromatic heterocycles. The van der Waals surface area contributed by atoms with Crippen LogP contribution in [0.5, 0.6) is 0 Å². The van der Waals surface area contributed by atoms with E-state index in [0.29, 0.717) is 6.54 Å². The second-order valence-electron chi connectivity index (χ2n) is 6.44. The highest BCUT2D eigenvalue weighted by Gasteiger charge is 2.43. The third-order valence-electron chi connectivity index (χ3n) is 4.62. The predicted octanol–water partition coefficient (Wildman–Crippen LogP) is 3.55. The van der Waals surface area contributed by atoms with Crippen molar-refractivity contribution in [3.05, 3.63) is 51.5 Å². The van der Waals surface area contributed by atoms with Gasteiger partial charge in [-0.3, -0.25) is 0 Å². The molecule has 128 valence electrons. The molecule has 0 aliphatic heterocycles. The van der Waals surface area contributed by atoms with Crippen molar-refractivity contribution >= 4 is 17.3 Å². The Morgan fingerprint density at radius 3 is 2.54 bits per heavy atom. The largest absolute Gasteiger partial charge is 0.357 e. The number of benzene rings is 1. The van der Waals surface area contributed by atoms with Gasteiger partial charge < -0.3 is 10.6 Å². The monoisotopic (exact) mass is 342 g/mol.